The van der Waals surface area contributed by atoms with E-state index in [0.29, 0.717) is 19.6 Å². The van der Waals surface area contributed by atoms with E-state index in [-0.39, 0.29) is 17.8 Å². The molecule has 0 radical (unpaired) electrons. The molecule has 1 heterocycles. The van der Waals surface area contributed by atoms with Gasteiger partial charge in [0.25, 0.3) is 0 Å². The van der Waals surface area contributed by atoms with Crippen LogP contribution in [0.2, 0.25) is 0 Å². The molecule has 1 aliphatic rings. The van der Waals surface area contributed by atoms with E-state index >= 15 is 0 Å². The van der Waals surface area contributed by atoms with Gasteiger partial charge in [0.2, 0.25) is 5.91 Å². The van der Waals surface area contributed by atoms with Crippen LogP contribution in [0.5, 0.6) is 0 Å². The minimum absolute atomic E-state index is 0.0827. The van der Waals surface area contributed by atoms with Gasteiger partial charge >= 0.3 is 5.97 Å². The Morgan fingerprint density at radius 2 is 2.19 bits per heavy atom. The maximum atomic E-state index is 11.6. The standard InChI is InChI=1S/C12H21NO3/c1-3-5-7-16-12(15)10-8-11(14)13(9-10)6-4-2/h10H,3-9H2,1-2H3. The third-order valence-electron chi connectivity index (χ3n) is 2.78. The van der Waals surface area contributed by atoms with Crippen molar-refractivity contribution >= 4 is 11.9 Å². The Morgan fingerprint density at radius 3 is 2.81 bits per heavy atom. The van der Waals surface area contributed by atoms with Crippen LogP contribution in [0.25, 0.3) is 0 Å². The van der Waals surface area contributed by atoms with Crippen molar-refractivity contribution < 1.29 is 14.3 Å². The first kappa shape index (κ1) is 13.0. The Hall–Kier alpha value is -1.06. The number of nitrogens with zero attached hydrogens (tertiary/aromatic N) is 1. The fourth-order valence-electron chi connectivity index (χ4n) is 1.85. The van der Waals surface area contributed by atoms with Gasteiger partial charge in [0, 0.05) is 19.5 Å². The van der Waals surface area contributed by atoms with Gasteiger partial charge in [-0.25, -0.2) is 0 Å². The van der Waals surface area contributed by atoms with Gasteiger partial charge in [-0.1, -0.05) is 20.3 Å². The first-order chi connectivity index (χ1) is 7.69. The van der Waals surface area contributed by atoms with Crippen LogP contribution in [-0.4, -0.2) is 36.5 Å². The Kier molecular flexibility index (Phi) is 5.29. The second kappa shape index (κ2) is 6.51. The second-order valence-corrected chi connectivity index (χ2v) is 4.26. The fraction of sp³-hybridized carbons (Fsp3) is 0.833. The lowest BCUT2D eigenvalue weighted by Crippen LogP contribution is -2.27. The van der Waals surface area contributed by atoms with Crippen LogP contribution >= 0.6 is 0 Å². The molecule has 0 spiro atoms. The number of amides is 1. The van der Waals surface area contributed by atoms with E-state index in [4.69, 9.17) is 4.74 Å². The normalized spacial score (nSPS) is 20.2. The van der Waals surface area contributed by atoms with Crippen LogP contribution < -0.4 is 0 Å². The molecule has 92 valence electrons. The molecule has 1 saturated heterocycles. The van der Waals surface area contributed by atoms with Gasteiger partial charge in [0.15, 0.2) is 0 Å². The lowest BCUT2D eigenvalue weighted by molar-refractivity contribution is -0.148. The van der Waals surface area contributed by atoms with Crippen molar-refractivity contribution in [1.82, 2.24) is 4.90 Å². The van der Waals surface area contributed by atoms with E-state index in [1.807, 2.05) is 6.92 Å². The number of carbonyl (C=O) groups excluding carboxylic acids is 2. The van der Waals surface area contributed by atoms with Crippen molar-refractivity contribution in [3.8, 4) is 0 Å². The summed E-state index contributed by atoms with van der Waals surface area (Å²) in [5, 5.41) is 0. The van der Waals surface area contributed by atoms with E-state index < -0.39 is 0 Å². The first-order valence-electron chi connectivity index (χ1n) is 6.13. The molecule has 0 aliphatic carbocycles. The molecule has 0 aromatic rings. The molecule has 0 aromatic carbocycles. The predicted molar refractivity (Wildman–Crippen MR) is 60.8 cm³/mol. The average Bonchev–Trinajstić information content (AvgIpc) is 2.61. The molecule has 1 unspecified atom stereocenters. The Bertz CT molecular complexity index is 253. The maximum absolute atomic E-state index is 11.6. The number of rotatable bonds is 6. The quantitative estimate of drug-likeness (QED) is 0.511. The van der Waals surface area contributed by atoms with Crippen LogP contribution in [-0.2, 0) is 14.3 Å². The third kappa shape index (κ3) is 3.51. The summed E-state index contributed by atoms with van der Waals surface area (Å²) in [7, 11) is 0. The summed E-state index contributed by atoms with van der Waals surface area (Å²) in [6.07, 6.45) is 3.16. The number of carbonyl (C=O) groups is 2. The summed E-state index contributed by atoms with van der Waals surface area (Å²) in [5.74, 6) is -0.365. The second-order valence-electron chi connectivity index (χ2n) is 4.26. The third-order valence-corrected chi connectivity index (χ3v) is 2.78. The molecule has 0 saturated carbocycles. The van der Waals surface area contributed by atoms with Crippen LogP contribution in [0.3, 0.4) is 0 Å². The highest BCUT2D eigenvalue weighted by molar-refractivity contribution is 5.86. The summed E-state index contributed by atoms with van der Waals surface area (Å²) >= 11 is 0. The van der Waals surface area contributed by atoms with Gasteiger partial charge in [-0.3, -0.25) is 9.59 Å². The average molecular weight is 227 g/mol. The smallest absolute Gasteiger partial charge is 0.311 e. The molecule has 16 heavy (non-hydrogen) atoms. The van der Waals surface area contributed by atoms with Crippen molar-refractivity contribution in [1.29, 1.82) is 0 Å². The van der Waals surface area contributed by atoms with Crippen molar-refractivity contribution in [2.45, 2.75) is 39.5 Å². The van der Waals surface area contributed by atoms with Gasteiger partial charge in [0.05, 0.1) is 12.5 Å². The fourth-order valence-corrected chi connectivity index (χ4v) is 1.85. The number of unbranched alkanes of at least 4 members (excludes halogenated alkanes) is 1. The zero-order chi connectivity index (χ0) is 12.0. The van der Waals surface area contributed by atoms with Crippen LogP contribution in [0, 0.1) is 5.92 Å². The molecule has 0 bridgehead atoms. The molecule has 1 fully saturated rings. The molecule has 4 heteroatoms. The summed E-state index contributed by atoms with van der Waals surface area (Å²) in [4.78, 5) is 24.9. The molecule has 1 amide bonds. The highest BCUT2D eigenvalue weighted by Gasteiger charge is 2.34. The summed E-state index contributed by atoms with van der Waals surface area (Å²) in [6.45, 7) is 5.85. The Morgan fingerprint density at radius 1 is 1.44 bits per heavy atom. The Balaban J connectivity index is 2.33. The zero-order valence-electron chi connectivity index (χ0n) is 10.2. The molecular formula is C12H21NO3. The van der Waals surface area contributed by atoms with Crippen molar-refractivity contribution in [2.24, 2.45) is 5.92 Å². The largest absolute Gasteiger partial charge is 0.465 e. The first-order valence-corrected chi connectivity index (χ1v) is 6.13. The lowest BCUT2D eigenvalue weighted by Gasteiger charge is -2.14. The minimum Gasteiger partial charge on any atom is -0.465 e. The van der Waals surface area contributed by atoms with Gasteiger partial charge in [0.1, 0.15) is 0 Å². The molecule has 1 aliphatic heterocycles. The maximum Gasteiger partial charge on any atom is 0.311 e. The lowest BCUT2D eigenvalue weighted by atomic mass is 10.1. The molecular weight excluding hydrogens is 206 g/mol. The number of ether oxygens (including phenoxy) is 1. The monoisotopic (exact) mass is 227 g/mol. The topological polar surface area (TPSA) is 46.6 Å². The molecule has 0 N–H and O–H groups in total. The van der Waals surface area contributed by atoms with E-state index in [1.165, 1.54) is 0 Å². The van der Waals surface area contributed by atoms with Gasteiger partial charge in [-0.15, -0.1) is 0 Å². The number of hydrogen-bond acceptors (Lipinski definition) is 3. The summed E-state index contributed by atoms with van der Waals surface area (Å²) < 4.78 is 5.12. The van der Waals surface area contributed by atoms with E-state index in [2.05, 4.69) is 6.92 Å². The van der Waals surface area contributed by atoms with Crippen molar-refractivity contribution in [3.05, 3.63) is 0 Å². The molecule has 4 nitrogen and oxygen atoms in total. The van der Waals surface area contributed by atoms with E-state index in [1.54, 1.807) is 4.90 Å². The number of hydrogen-bond donors (Lipinski definition) is 0. The summed E-state index contributed by atoms with van der Waals surface area (Å²) in [5.41, 5.74) is 0. The molecule has 1 rings (SSSR count). The molecule has 0 aromatic heterocycles. The van der Waals surface area contributed by atoms with E-state index in [9.17, 15) is 9.59 Å². The van der Waals surface area contributed by atoms with Gasteiger partial charge in [-0.2, -0.15) is 0 Å². The van der Waals surface area contributed by atoms with Gasteiger partial charge in [-0.05, 0) is 12.8 Å². The predicted octanol–water partition coefficient (Wildman–Crippen LogP) is 1.59. The minimum atomic E-state index is -0.240. The van der Waals surface area contributed by atoms with Crippen molar-refractivity contribution in [2.75, 3.05) is 19.7 Å². The highest BCUT2D eigenvalue weighted by atomic mass is 16.5. The highest BCUT2D eigenvalue weighted by Crippen LogP contribution is 2.19. The number of esters is 1. The Labute approximate surface area is 96.9 Å². The summed E-state index contributed by atoms with van der Waals surface area (Å²) in [6, 6.07) is 0. The van der Waals surface area contributed by atoms with Crippen LogP contribution in [0.4, 0.5) is 0 Å². The zero-order valence-corrected chi connectivity index (χ0v) is 10.2. The van der Waals surface area contributed by atoms with Gasteiger partial charge < -0.3 is 9.64 Å². The number of likely N-dealkylation sites (tertiary alicyclic amines) is 1. The van der Waals surface area contributed by atoms with Crippen LogP contribution in [0.15, 0.2) is 0 Å². The molecule has 1 atom stereocenters. The van der Waals surface area contributed by atoms with Crippen molar-refractivity contribution in [3.63, 3.8) is 0 Å². The SMILES string of the molecule is CCCCOC(=O)C1CC(=O)N(CCC)C1. The van der Waals surface area contributed by atoms with Crippen LogP contribution in [0.1, 0.15) is 39.5 Å². The van der Waals surface area contributed by atoms with E-state index in [0.717, 1.165) is 25.8 Å².